The second-order valence-electron chi connectivity index (χ2n) is 4.23. The van der Waals surface area contributed by atoms with E-state index in [0.717, 1.165) is 12.1 Å². The molecule has 0 aliphatic carbocycles. The monoisotopic (exact) mass is 362 g/mol. The van der Waals surface area contributed by atoms with Crippen molar-refractivity contribution in [3.63, 3.8) is 0 Å². The van der Waals surface area contributed by atoms with E-state index in [1.165, 1.54) is 12.4 Å². The van der Waals surface area contributed by atoms with E-state index < -0.39 is 17.6 Å². The lowest BCUT2D eigenvalue weighted by molar-refractivity contribution is -0.137. The summed E-state index contributed by atoms with van der Waals surface area (Å²) >= 11 is 3.07. The van der Waals surface area contributed by atoms with Crippen LogP contribution < -0.4 is 5.32 Å². The zero-order valence-corrected chi connectivity index (χ0v) is 12.4. The minimum absolute atomic E-state index is 0.0675. The standard InChI is InChI=1S/C12H10BrF3N4O/c1-20-6-18-19-10(20)5-17-11(21)8-4-7(12(14,15)16)2-3-9(8)13/h2-4,6H,5H2,1H3,(H,17,21). The number of halogens is 4. The molecule has 0 aliphatic rings. The van der Waals surface area contributed by atoms with E-state index in [-0.39, 0.29) is 16.6 Å². The van der Waals surface area contributed by atoms with E-state index in [0.29, 0.717) is 5.82 Å². The predicted octanol–water partition coefficient (Wildman–Crippen LogP) is 2.53. The Hall–Kier alpha value is -1.90. The van der Waals surface area contributed by atoms with Crippen LogP contribution in [0.2, 0.25) is 0 Å². The average molecular weight is 363 g/mol. The van der Waals surface area contributed by atoms with Crippen molar-refractivity contribution < 1.29 is 18.0 Å². The van der Waals surface area contributed by atoms with Crippen LogP contribution >= 0.6 is 15.9 Å². The van der Waals surface area contributed by atoms with Gasteiger partial charge in [-0.3, -0.25) is 4.79 Å². The third-order valence-corrected chi connectivity index (χ3v) is 3.44. The summed E-state index contributed by atoms with van der Waals surface area (Å²) in [6.45, 7) is 0.0675. The maximum atomic E-state index is 12.7. The van der Waals surface area contributed by atoms with Gasteiger partial charge in [-0.1, -0.05) is 0 Å². The molecule has 0 fully saturated rings. The Labute approximate surface area is 126 Å². The Bertz CT molecular complexity index is 669. The molecule has 5 nitrogen and oxygen atoms in total. The first kappa shape index (κ1) is 15.5. The van der Waals surface area contributed by atoms with Crippen LogP contribution in [-0.2, 0) is 19.8 Å². The molecule has 0 aliphatic heterocycles. The van der Waals surface area contributed by atoms with Crippen molar-refractivity contribution >= 4 is 21.8 Å². The van der Waals surface area contributed by atoms with Gasteiger partial charge in [0.05, 0.1) is 17.7 Å². The molecular formula is C12H10BrF3N4O. The van der Waals surface area contributed by atoms with Crippen LogP contribution in [0, 0.1) is 0 Å². The topological polar surface area (TPSA) is 59.8 Å². The molecule has 0 spiro atoms. The maximum absolute atomic E-state index is 12.7. The van der Waals surface area contributed by atoms with Crippen molar-refractivity contribution in [1.29, 1.82) is 0 Å². The molecule has 0 saturated heterocycles. The summed E-state index contributed by atoms with van der Waals surface area (Å²) in [7, 11) is 1.70. The minimum atomic E-state index is -4.50. The lowest BCUT2D eigenvalue weighted by Crippen LogP contribution is -2.25. The highest BCUT2D eigenvalue weighted by Crippen LogP contribution is 2.31. The van der Waals surface area contributed by atoms with E-state index in [2.05, 4.69) is 31.4 Å². The molecule has 0 atom stereocenters. The maximum Gasteiger partial charge on any atom is 0.416 e. The van der Waals surface area contributed by atoms with Gasteiger partial charge in [-0.05, 0) is 34.1 Å². The van der Waals surface area contributed by atoms with Gasteiger partial charge in [0.15, 0.2) is 5.82 Å². The van der Waals surface area contributed by atoms with Crippen LogP contribution in [0.3, 0.4) is 0 Å². The molecule has 9 heteroatoms. The summed E-state index contributed by atoms with van der Waals surface area (Å²) in [5.74, 6) is -0.137. The van der Waals surface area contributed by atoms with Crippen molar-refractivity contribution in [3.8, 4) is 0 Å². The van der Waals surface area contributed by atoms with Gasteiger partial charge in [0.1, 0.15) is 6.33 Å². The van der Waals surface area contributed by atoms with Crippen LogP contribution in [0.1, 0.15) is 21.7 Å². The normalized spacial score (nSPS) is 11.5. The summed E-state index contributed by atoms with van der Waals surface area (Å²) in [6.07, 6.45) is -3.04. The van der Waals surface area contributed by atoms with Crippen LogP contribution in [-0.4, -0.2) is 20.7 Å². The average Bonchev–Trinajstić information content (AvgIpc) is 2.80. The van der Waals surface area contributed by atoms with Gasteiger partial charge in [0, 0.05) is 11.5 Å². The summed E-state index contributed by atoms with van der Waals surface area (Å²) in [4.78, 5) is 12.0. The number of nitrogens with one attached hydrogen (secondary N) is 1. The van der Waals surface area contributed by atoms with E-state index in [4.69, 9.17) is 0 Å². The Morgan fingerprint density at radius 1 is 1.43 bits per heavy atom. The first-order chi connectivity index (χ1) is 9.79. The van der Waals surface area contributed by atoms with E-state index in [1.807, 2.05) is 0 Å². The molecule has 0 saturated carbocycles. The Morgan fingerprint density at radius 3 is 2.71 bits per heavy atom. The minimum Gasteiger partial charge on any atom is -0.345 e. The molecule has 1 N–H and O–H groups in total. The second kappa shape index (κ2) is 5.84. The third-order valence-electron chi connectivity index (χ3n) is 2.75. The highest BCUT2D eigenvalue weighted by molar-refractivity contribution is 9.10. The van der Waals surface area contributed by atoms with Gasteiger partial charge >= 0.3 is 6.18 Å². The quantitative estimate of drug-likeness (QED) is 0.912. The Balaban J connectivity index is 2.17. The summed E-state index contributed by atoms with van der Waals surface area (Å²) in [5, 5.41) is 9.91. The lowest BCUT2D eigenvalue weighted by atomic mass is 10.1. The zero-order valence-electron chi connectivity index (χ0n) is 10.8. The van der Waals surface area contributed by atoms with Gasteiger partial charge in [0.25, 0.3) is 5.91 Å². The summed E-state index contributed by atoms with van der Waals surface area (Å²) < 4.78 is 39.9. The number of aromatic nitrogens is 3. The molecule has 1 amide bonds. The number of hydrogen-bond acceptors (Lipinski definition) is 3. The van der Waals surface area contributed by atoms with Crippen molar-refractivity contribution in [1.82, 2.24) is 20.1 Å². The van der Waals surface area contributed by atoms with Crippen molar-refractivity contribution in [2.75, 3.05) is 0 Å². The number of amides is 1. The highest BCUT2D eigenvalue weighted by Gasteiger charge is 2.31. The molecule has 112 valence electrons. The molecule has 1 aromatic carbocycles. The molecule has 0 bridgehead atoms. The number of aryl methyl sites for hydroxylation is 1. The molecule has 0 unspecified atom stereocenters. The smallest absolute Gasteiger partial charge is 0.345 e. The lowest BCUT2D eigenvalue weighted by Gasteiger charge is -2.11. The largest absolute Gasteiger partial charge is 0.416 e. The number of hydrogen-bond donors (Lipinski definition) is 1. The van der Waals surface area contributed by atoms with Crippen LogP contribution in [0.5, 0.6) is 0 Å². The molecule has 21 heavy (non-hydrogen) atoms. The number of benzene rings is 1. The van der Waals surface area contributed by atoms with Crippen LogP contribution in [0.4, 0.5) is 13.2 Å². The number of carbonyl (C=O) groups is 1. The van der Waals surface area contributed by atoms with Gasteiger partial charge < -0.3 is 9.88 Å². The number of alkyl halides is 3. The Kier molecular flexibility index (Phi) is 4.31. The molecule has 1 aromatic heterocycles. The first-order valence-corrected chi connectivity index (χ1v) is 6.56. The van der Waals surface area contributed by atoms with Crippen molar-refractivity contribution in [2.45, 2.75) is 12.7 Å². The number of carbonyl (C=O) groups excluding carboxylic acids is 1. The highest BCUT2D eigenvalue weighted by atomic mass is 79.9. The molecule has 2 aromatic rings. The van der Waals surface area contributed by atoms with E-state index >= 15 is 0 Å². The molecule has 2 rings (SSSR count). The fourth-order valence-corrected chi connectivity index (χ4v) is 2.02. The number of nitrogens with zero attached hydrogens (tertiary/aromatic N) is 3. The summed E-state index contributed by atoms with van der Waals surface area (Å²) in [6, 6.07) is 2.90. The van der Waals surface area contributed by atoms with Gasteiger partial charge in [0.2, 0.25) is 0 Å². The van der Waals surface area contributed by atoms with E-state index in [9.17, 15) is 18.0 Å². The first-order valence-electron chi connectivity index (χ1n) is 5.77. The van der Waals surface area contributed by atoms with Gasteiger partial charge in [-0.15, -0.1) is 10.2 Å². The third kappa shape index (κ3) is 3.60. The SMILES string of the molecule is Cn1cnnc1CNC(=O)c1cc(C(F)(F)F)ccc1Br. The van der Waals surface area contributed by atoms with Crippen LogP contribution in [0.25, 0.3) is 0 Å². The summed E-state index contributed by atoms with van der Waals surface area (Å²) in [5.41, 5.74) is -0.971. The molecule has 0 radical (unpaired) electrons. The van der Waals surface area contributed by atoms with Gasteiger partial charge in [-0.25, -0.2) is 0 Å². The van der Waals surface area contributed by atoms with Crippen molar-refractivity contribution in [3.05, 3.63) is 46.0 Å². The Morgan fingerprint density at radius 2 is 2.14 bits per heavy atom. The fourth-order valence-electron chi connectivity index (χ4n) is 1.60. The van der Waals surface area contributed by atoms with E-state index in [1.54, 1.807) is 11.6 Å². The molecule has 1 heterocycles. The molecular weight excluding hydrogens is 353 g/mol. The predicted molar refractivity (Wildman–Crippen MR) is 71.3 cm³/mol. The van der Waals surface area contributed by atoms with Crippen LogP contribution in [0.15, 0.2) is 29.0 Å². The zero-order chi connectivity index (χ0) is 15.6. The van der Waals surface area contributed by atoms with Crippen molar-refractivity contribution in [2.24, 2.45) is 7.05 Å². The number of rotatable bonds is 3. The second-order valence-corrected chi connectivity index (χ2v) is 5.09. The fraction of sp³-hybridized carbons (Fsp3) is 0.250. The van der Waals surface area contributed by atoms with Gasteiger partial charge in [-0.2, -0.15) is 13.2 Å².